The van der Waals surface area contributed by atoms with Crippen LogP contribution in [0.25, 0.3) is 0 Å². The third-order valence-electron chi connectivity index (χ3n) is 5.38. The Hall–Kier alpha value is -3.43. The van der Waals surface area contributed by atoms with E-state index in [4.69, 9.17) is 4.74 Å². The molecule has 1 aliphatic heterocycles. The Morgan fingerprint density at radius 1 is 1.27 bits per heavy atom. The molecule has 33 heavy (non-hydrogen) atoms. The number of hydrogen-bond donors (Lipinski definition) is 3. The fraction of sp³-hybridized carbons (Fsp3) is 0.292. The van der Waals surface area contributed by atoms with Gasteiger partial charge < -0.3 is 20.7 Å². The van der Waals surface area contributed by atoms with Gasteiger partial charge in [-0.2, -0.15) is 0 Å². The van der Waals surface area contributed by atoms with E-state index in [1.807, 2.05) is 6.92 Å². The van der Waals surface area contributed by atoms with E-state index >= 15 is 0 Å². The molecule has 1 amide bonds. The number of aryl methyl sites for hydroxylation is 1. The van der Waals surface area contributed by atoms with Crippen molar-refractivity contribution in [1.82, 2.24) is 20.2 Å². The highest BCUT2D eigenvalue weighted by Gasteiger charge is 2.24. The summed E-state index contributed by atoms with van der Waals surface area (Å²) in [7, 11) is 1.57. The van der Waals surface area contributed by atoms with Crippen molar-refractivity contribution < 1.29 is 9.53 Å². The van der Waals surface area contributed by atoms with Crippen LogP contribution < -0.4 is 20.7 Å². The molecule has 4 rings (SSSR count). The van der Waals surface area contributed by atoms with E-state index in [2.05, 4.69) is 54.9 Å². The van der Waals surface area contributed by atoms with Gasteiger partial charge in [-0.1, -0.05) is 12.6 Å². The van der Waals surface area contributed by atoms with Crippen molar-refractivity contribution in [3.8, 4) is 5.75 Å². The number of methoxy groups -OCH3 is 1. The summed E-state index contributed by atoms with van der Waals surface area (Å²) in [6.45, 7) is 8.62. The Kier molecular flexibility index (Phi) is 7.21. The first-order valence-corrected chi connectivity index (χ1v) is 11.6. The number of nitrogens with one attached hydrogen (secondary N) is 3. The fourth-order valence-electron chi connectivity index (χ4n) is 3.73. The highest BCUT2D eigenvalue weighted by atomic mass is 32.1. The molecule has 8 nitrogen and oxygen atoms in total. The van der Waals surface area contributed by atoms with Crippen LogP contribution in [0.3, 0.4) is 0 Å². The summed E-state index contributed by atoms with van der Waals surface area (Å²) < 4.78 is 5.50. The number of hydrogen-bond acceptors (Lipinski definition) is 8. The first-order chi connectivity index (χ1) is 16.0. The number of nitrogens with zero attached hydrogens (tertiary/aromatic N) is 3. The number of rotatable bonds is 9. The molecule has 0 saturated carbocycles. The predicted octanol–water partition coefficient (Wildman–Crippen LogP) is 3.85. The summed E-state index contributed by atoms with van der Waals surface area (Å²) in [4.78, 5) is 25.0. The number of amides is 1. The van der Waals surface area contributed by atoms with Crippen LogP contribution in [0.1, 0.15) is 27.3 Å². The van der Waals surface area contributed by atoms with Gasteiger partial charge in [0.2, 0.25) is 0 Å². The van der Waals surface area contributed by atoms with Crippen LogP contribution in [0.4, 0.5) is 11.5 Å². The number of likely N-dealkylation sites (tertiary alicyclic amines) is 1. The second-order valence-corrected chi connectivity index (χ2v) is 8.99. The Morgan fingerprint density at radius 3 is 2.88 bits per heavy atom. The van der Waals surface area contributed by atoms with Gasteiger partial charge in [0.25, 0.3) is 5.91 Å². The van der Waals surface area contributed by atoms with Crippen LogP contribution >= 0.6 is 11.3 Å². The third kappa shape index (κ3) is 6.09. The van der Waals surface area contributed by atoms with Crippen molar-refractivity contribution in [3.05, 3.63) is 76.6 Å². The molecular weight excluding hydrogens is 436 g/mol. The minimum atomic E-state index is -0.102. The number of benzene rings is 1. The first kappa shape index (κ1) is 22.8. The second kappa shape index (κ2) is 10.5. The fourth-order valence-corrected chi connectivity index (χ4v) is 4.47. The van der Waals surface area contributed by atoms with E-state index in [0.717, 1.165) is 31.7 Å². The zero-order valence-corrected chi connectivity index (χ0v) is 19.6. The lowest BCUT2D eigenvalue weighted by molar-refractivity contribution is 0.0937. The van der Waals surface area contributed by atoms with E-state index in [9.17, 15) is 4.79 Å². The van der Waals surface area contributed by atoms with Gasteiger partial charge in [0.05, 0.1) is 30.9 Å². The molecule has 0 spiro atoms. The lowest BCUT2D eigenvalue weighted by atomic mass is 10.1. The van der Waals surface area contributed by atoms with E-state index in [1.54, 1.807) is 49.0 Å². The molecule has 2 aromatic heterocycles. The van der Waals surface area contributed by atoms with Crippen LogP contribution in [0.5, 0.6) is 5.75 Å². The molecule has 3 N–H and O–H groups in total. The van der Waals surface area contributed by atoms with E-state index < -0.39 is 0 Å². The van der Waals surface area contributed by atoms with E-state index in [0.29, 0.717) is 28.6 Å². The minimum Gasteiger partial charge on any atom is -0.495 e. The van der Waals surface area contributed by atoms with Crippen LogP contribution in [-0.4, -0.2) is 47.0 Å². The Balaban J connectivity index is 1.33. The molecule has 172 valence electrons. The number of thiophene rings is 1. The molecule has 0 bridgehead atoms. The maximum Gasteiger partial charge on any atom is 0.251 e. The van der Waals surface area contributed by atoms with Crippen LogP contribution in [0.2, 0.25) is 0 Å². The lowest BCUT2D eigenvalue weighted by Crippen LogP contribution is -2.36. The van der Waals surface area contributed by atoms with Crippen molar-refractivity contribution in [2.24, 2.45) is 0 Å². The summed E-state index contributed by atoms with van der Waals surface area (Å²) in [5.74, 6) is 1.54. The minimum absolute atomic E-state index is 0.102. The molecule has 3 heterocycles. The number of ether oxygens (including phenoxy) is 1. The smallest absolute Gasteiger partial charge is 0.251 e. The third-order valence-corrected chi connectivity index (χ3v) is 6.24. The Morgan fingerprint density at radius 2 is 2.15 bits per heavy atom. The molecule has 3 aromatic rings. The monoisotopic (exact) mass is 464 g/mol. The summed E-state index contributed by atoms with van der Waals surface area (Å²) in [5.41, 5.74) is 2.08. The summed E-state index contributed by atoms with van der Waals surface area (Å²) in [5, 5.41) is 11.5. The molecule has 0 aliphatic carbocycles. The molecule has 1 atom stereocenters. The van der Waals surface area contributed by atoms with Crippen LogP contribution in [0.15, 0.2) is 60.5 Å². The van der Waals surface area contributed by atoms with E-state index in [-0.39, 0.29) is 11.9 Å². The van der Waals surface area contributed by atoms with Crippen molar-refractivity contribution in [2.75, 3.05) is 30.8 Å². The predicted molar refractivity (Wildman–Crippen MR) is 132 cm³/mol. The highest BCUT2D eigenvalue weighted by molar-refractivity contribution is 7.09. The quantitative estimate of drug-likeness (QED) is 0.443. The molecule has 0 radical (unpaired) electrons. The molecule has 1 aliphatic rings. The number of carbonyl (C=O) groups excluding carboxylic acids is 1. The average Bonchev–Trinajstić information content (AvgIpc) is 3.48. The first-order valence-electron chi connectivity index (χ1n) is 10.8. The molecule has 1 unspecified atom stereocenters. The van der Waals surface area contributed by atoms with Crippen molar-refractivity contribution in [2.45, 2.75) is 25.9 Å². The van der Waals surface area contributed by atoms with Crippen LogP contribution in [0, 0.1) is 6.92 Å². The maximum absolute atomic E-state index is 12.8. The zero-order chi connectivity index (χ0) is 23.2. The van der Waals surface area contributed by atoms with Gasteiger partial charge in [0, 0.05) is 36.1 Å². The summed E-state index contributed by atoms with van der Waals surface area (Å²) in [6.07, 6.45) is 4.26. The highest BCUT2D eigenvalue weighted by Crippen LogP contribution is 2.27. The Bertz CT molecular complexity index is 1100. The zero-order valence-electron chi connectivity index (χ0n) is 18.8. The summed E-state index contributed by atoms with van der Waals surface area (Å²) >= 11 is 1.77. The van der Waals surface area contributed by atoms with Crippen LogP contribution in [-0.2, 0) is 6.54 Å². The van der Waals surface area contributed by atoms with Gasteiger partial charge in [-0.3, -0.25) is 14.7 Å². The van der Waals surface area contributed by atoms with E-state index in [1.165, 1.54) is 4.88 Å². The van der Waals surface area contributed by atoms with Crippen molar-refractivity contribution in [1.29, 1.82) is 0 Å². The second-order valence-electron chi connectivity index (χ2n) is 7.96. The number of aromatic nitrogens is 2. The largest absolute Gasteiger partial charge is 0.495 e. The normalized spacial score (nSPS) is 15.8. The van der Waals surface area contributed by atoms with Gasteiger partial charge in [-0.05, 0) is 43.0 Å². The summed E-state index contributed by atoms with van der Waals surface area (Å²) in [6, 6.07) is 9.67. The molecule has 1 saturated heterocycles. The number of anilines is 2. The number of carbonyl (C=O) groups is 1. The topological polar surface area (TPSA) is 91.4 Å². The van der Waals surface area contributed by atoms with Gasteiger partial charge >= 0.3 is 0 Å². The molecule has 9 heteroatoms. The maximum atomic E-state index is 12.8. The van der Waals surface area contributed by atoms with Gasteiger partial charge in [-0.15, -0.1) is 11.3 Å². The molecule has 1 fully saturated rings. The SMILES string of the molecule is C=C(Nc1cnc(C)cn1)Nc1ccc(C(=O)NC2CCN(Cc3cccs3)C2)cc1OC. The Labute approximate surface area is 197 Å². The van der Waals surface area contributed by atoms with Crippen molar-refractivity contribution >= 4 is 28.7 Å². The standard InChI is InChI=1S/C24H28N6O2S/c1-16-12-26-23(13-25-16)28-17(2)27-21-7-6-18(11-22(21)32-3)24(31)29-19-8-9-30(14-19)15-20-5-4-10-33-20/h4-7,10-13,19,27H,2,8-9,14-15H2,1,3H3,(H,26,28)(H,29,31). The molecular formula is C24H28N6O2S. The lowest BCUT2D eigenvalue weighted by Gasteiger charge is -2.17. The van der Waals surface area contributed by atoms with Crippen molar-refractivity contribution in [3.63, 3.8) is 0 Å². The van der Waals surface area contributed by atoms with Gasteiger partial charge in [0.1, 0.15) is 17.4 Å². The molecule has 1 aromatic carbocycles. The van der Waals surface area contributed by atoms with Gasteiger partial charge in [0.15, 0.2) is 0 Å². The van der Waals surface area contributed by atoms with Gasteiger partial charge in [-0.25, -0.2) is 4.98 Å². The average molecular weight is 465 g/mol.